The summed E-state index contributed by atoms with van der Waals surface area (Å²) in [5.74, 6) is -2.35. The summed E-state index contributed by atoms with van der Waals surface area (Å²) >= 11 is 0. The van der Waals surface area contributed by atoms with Crippen LogP contribution in [0, 0.1) is 17.7 Å². The van der Waals surface area contributed by atoms with Gasteiger partial charge in [0.2, 0.25) is 11.8 Å². The number of para-hydroxylation sites is 1. The molecule has 182 valence electrons. The van der Waals surface area contributed by atoms with Crippen LogP contribution in [0.25, 0.3) is 0 Å². The average Bonchev–Trinajstić information content (AvgIpc) is 3.44. The number of nitrogens with zero attached hydrogens (tertiary/aromatic N) is 2. The van der Waals surface area contributed by atoms with Gasteiger partial charge in [0.25, 0.3) is 5.91 Å². The van der Waals surface area contributed by atoms with E-state index in [1.165, 1.54) is 17.0 Å². The molecule has 3 aliphatic rings. The van der Waals surface area contributed by atoms with E-state index in [4.69, 9.17) is 4.74 Å². The molecule has 4 atom stereocenters. The highest BCUT2D eigenvalue weighted by Crippen LogP contribution is 2.55. The second-order valence-electron chi connectivity index (χ2n) is 9.49. The zero-order valence-electron chi connectivity index (χ0n) is 19.8. The molecule has 2 fully saturated rings. The van der Waals surface area contributed by atoms with Crippen molar-refractivity contribution < 1.29 is 23.5 Å². The molecule has 8 heteroatoms. The first kappa shape index (κ1) is 22.4. The van der Waals surface area contributed by atoms with Gasteiger partial charge in [0.05, 0.1) is 31.2 Å². The highest BCUT2D eigenvalue weighted by molar-refractivity contribution is 6.26. The molecule has 0 aliphatic carbocycles. The molecule has 3 aromatic rings. The number of fused-ring (bicyclic) bond motifs is 4. The molecule has 1 N–H and O–H groups in total. The topological polar surface area (TPSA) is 79.0 Å². The minimum atomic E-state index is -1.37. The van der Waals surface area contributed by atoms with Gasteiger partial charge >= 0.3 is 0 Å². The highest BCUT2D eigenvalue weighted by atomic mass is 19.1. The van der Waals surface area contributed by atoms with Crippen LogP contribution < -0.4 is 19.9 Å². The number of rotatable bonds is 4. The van der Waals surface area contributed by atoms with E-state index in [0.717, 1.165) is 5.56 Å². The van der Waals surface area contributed by atoms with E-state index >= 15 is 0 Å². The number of methoxy groups -OCH3 is 1. The maximum absolute atomic E-state index is 14.2. The molecule has 7 nitrogen and oxygen atoms in total. The minimum Gasteiger partial charge on any atom is -0.497 e. The molecular weight excluding hydrogens is 461 g/mol. The number of amides is 3. The summed E-state index contributed by atoms with van der Waals surface area (Å²) in [6.45, 7) is 2.06. The van der Waals surface area contributed by atoms with Gasteiger partial charge in [-0.1, -0.05) is 30.3 Å². The fourth-order valence-corrected chi connectivity index (χ4v) is 6.02. The fraction of sp³-hybridized carbons (Fsp3) is 0.250. The Kier molecular flexibility index (Phi) is 4.98. The maximum atomic E-state index is 14.2. The third kappa shape index (κ3) is 2.97. The van der Waals surface area contributed by atoms with E-state index in [1.54, 1.807) is 48.4 Å². The molecule has 1 spiro atoms. The molecular formula is C28H24FN3O4. The van der Waals surface area contributed by atoms with Crippen LogP contribution >= 0.6 is 0 Å². The van der Waals surface area contributed by atoms with E-state index in [9.17, 15) is 18.8 Å². The van der Waals surface area contributed by atoms with Gasteiger partial charge in [0.15, 0.2) is 0 Å². The van der Waals surface area contributed by atoms with E-state index in [-0.39, 0.29) is 24.2 Å². The molecule has 3 aliphatic heterocycles. The molecule has 0 bridgehead atoms. The summed E-state index contributed by atoms with van der Waals surface area (Å²) in [5, 5.41) is 3.37. The number of halogens is 1. The van der Waals surface area contributed by atoms with Gasteiger partial charge < -0.3 is 9.64 Å². The van der Waals surface area contributed by atoms with Crippen LogP contribution in [0.15, 0.2) is 72.8 Å². The molecule has 0 radical (unpaired) electrons. The quantitative estimate of drug-likeness (QED) is 0.574. The Bertz CT molecular complexity index is 1390. The first-order valence-corrected chi connectivity index (χ1v) is 11.8. The lowest BCUT2D eigenvalue weighted by Crippen LogP contribution is -2.54. The van der Waals surface area contributed by atoms with Crippen LogP contribution in [0.1, 0.15) is 18.1 Å². The van der Waals surface area contributed by atoms with Crippen molar-refractivity contribution >= 4 is 29.1 Å². The second kappa shape index (κ2) is 7.99. The lowest BCUT2D eigenvalue weighted by Gasteiger charge is -2.30. The smallest absolute Gasteiger partial charge is 0.253 e. The summed E-state index contributed by atoms with van der Waals surface area (Å²) in [7, 11) is 1.55. The van der Waals surface area contributed by atoms with Crippen LogP contribution in [0.4, 0.5) is 15.8 Å². The summed E-state index contributed by atoms with van der Waals surface area (Å²) in [6.07, 6.45) is 0. The lowest BCUT2D eigenvalue weighted by molar-refractivity contribution is -0.132. The largest absolute Gasteiger partial charge is 0.497 e. The SMILES string of the molecule is COc1ccc(N2C(=O)[C@H]3[C@H](C)N[C@]4(C(=O)N(Cc5ccc(F)cc5)c5ccccc54)[C@@H]3C2=O)cc1. The van der Waals surface area contributed by atoms with Crippen LogP contribution in [0.5, 0.6) is 5.75 Å². The highest BCUT2D eigenvalue weighted by Gasteiger charge is 2.71. The number of hydrogen-bond donors (Lipinski definition) is 1. The van der Waals surface area contributed by atoms with Crippen LogP contribution in [-0.2, 0) is 26.5 Å². The van der Waals surface area contributed by atoms with Crippen molar-refractivity contribution in [2.24, 2.45) is 11.8 Å². The Morgan fingerprint density at radius 3 is 2.33 bits per heavy atom. The normalized spacial score (nSPS) is 26.6. The summed E-state index contributed by atoms with van der Waals surface area (Å²) in [4.78, 5) is 44.6. The first-order valence-electron chi connectivity index (χ1n) is 11.8. The fourth-order valence-electron chi connectivity index (χ4n) is 6.02. The Balaban J connectivity index is 1.43. The zero-order chi connectivity index (χ0) is 25.2. The molecule has 2 saturated heterocycles. The molecule has 0 aromatic heterocycles. The standard InChI is InChI=1S/C28H24FN3O4/c1-16-23-24(26(34)32(25(23)33)19-11-13-20(36-2)14-12-19)28(30-16)21-5-3-4-6-22(21)31(27(28)35)15-17-7-9-18(29)10-8-17/h3-14,16,23-24,30H,15H2,1-2H3/t16-,23-,24-,28-/m0/s1. The van der Waals surface area contributed by atoms with Crippen molar-refractivity contribution in [2.45, 2.75) is 25.0 Å². The summed E-state index contributed by atoms with van der Waals surface area (Å²) in [6, 6.07) is 19.7. The molecule has 3 heterocycles. The van der Waals surface area contributed by atoms with Crippen molar-refractivity contribution in [3.05, 3.63) is 89.7 Å². The first-order chi connectivity index (χ1) is 17.4. The van der Waals surface area contributed by atoms with Gasteiger partial charge in [0.1, 0.15) is 17.1 Å². The Morgan fingerprint density at radius 2 is 1.64 bits per heavy atom. The number of ether oxygens (including phenoxy) is 1. The predicted molar refractivity (Wildman–Crippen MR) is 131 cm³/mol. The number of hydrogen-bond acceptors (Lipinski definition) is 5. The number of anilines is 2. The number of imide groups is 1. The summed E-state index contributed by atoms with van der Waals surface area (Å²) < 4.78 is 18.7. The summed E-state index contributed by atoms with van der Waals surface area (Å²) in [5.41, 5.74) is 1.19. The van der Waals surface area contributed by atoms with Gasteiger partial charge in [-0.3, -0.25) is 19.7 Å². The second-order valence-corrected chi connectivity index (χ2v) is 9.49. The number of carbonyl (C=O) groups is 3. The van der Waals surface area contributed by atoms with Gasteiger partial charge in [-0.15, -0.1) is 0 Å². The third-order valence-electron chi connectivity index (χ3n) is 7.60. The minimum absolute atomic E-state index is 0.218. The predicted octanol–water partition coefficient (Wildman–Crippen LogP) is 3.37. The van der Waals surface area contributed by atoms with Gasteiger partial charge in [-0.2, -0.15) is 0 Å². The van der Waals surface area contributed by atoms with Crippen molar-refractivity contribution in [2.75, 3.05) is 16.9 Å². The van der Waals surface area contributed by atoms with Crippen LogP contribution in [0.2, 0.25) is 0 Å². The van der Waals surface area contributed by atoms with E-state index in [1.807, 2.05) is 31.2 Å². The molecule has 3 amide bonds. The van der Waals surface area contributed by atoms with Gasteiger partial charge in [-0.05, 0) is 55.0 Å². The lowest BCUT2D eigenvalue weighted by atomic mass is 9.76. The van der Waals surface area contributed by atoms with E-state index in [2.05, 4.69) is 5.32 Å². The Labute approximate surface area is 207 Å². The number of benzene rings is 3. The van der Waals surface area contributed by atoms with Crippen molar-refractivity contribution in [1.82, 2.24) is 5.32 Å². The Morgan fingerprint density at radius 1 is 0.944 bits per heavy atom. The third-order valence-corrected chi connectivity index (χ3v) is 7.60. The van der Waals surface area contributed by atoms with Crippen molar-refractivity contribution in [3.8, 4) is 5.75 Å². The van der Waals surface area contributed by atoms with E-state index < -0.39 is 29.3 Å². The molecule has 0 unspecified atom stereocenters. The number of carbonyl (C=O) groups excluding carboxylic acids is 3. The maximum Gasteiger partial charge on any atom is 0.253 e. The van der Waals surface area contributed by atoms with E-state index in [0.29, 0.717) is 22.7 Å². The number of nitrogens with one attached hydrogen (secondary N) is 1. The van der Waals surface area contributed by atoms with Crippen LogP contribution in [0.3, 0.4) is 0 Å². The monoisotopic (exact) mass is 485 g/mol. The van der Waals surface area contributed by atoms with Crippen LogP contribution in [-0.4, -0.2) is 30.9 Å². The molecule has 3 aromatic carbocycles. The van der Waals surface area contributed by atoms with Crippen molar-refractivity contribution in [3.63, 3.8) is 0 Å². The molecule has 0 saturated carbocycles. The van der Waals surface area contributed by atoms with Crippen molar-refractivity contribution in [1.29, 1.82) is 0 Å². The molecule has 6 rings (SSSR count). The van der Waals surface area contributed by atoms with Gasteiger partial charge in [0, 0.05) is 17.3 Å². The zero-order valence-corrected chi connectivity index (χ0v) is 19.8. The average molecular weight is 486 g/mol. The van der Waals surface area contributed by atoms with Gasteiger partial charge in [-0.25, -0.2) is 9.29 Å². The Hall–Kier alpha value is -4.04. The molecule has 36 heavy (non-hydrogen) atoms.